The molecule has 0 aliphatic carbocycles. The van der Waals surface area contributed by atoms with Crippen LogP contribution in [-0.4, -0.2) is 60.2 Å². The lowest BCUT2D eigenvalue weighted by molar-refractivity contribution is 0.154. The molecule has 0 fully saturated rings. The average Bonchev–Trinajstić information content (AvgIpc) is 3.32. The highest BCUT2D eigenvalue weighted by molar-refractivity contribution is 7.92. The van der Waals surface area contributed by atoms with Gasteiger partial charge < -0.3 is 24.6 Å². The molecule has 196 valence electrons. The molecule has 1 unspecified atom stereocenters. The van der Waals surface area contributed by atoms with Gasteiger partial charge in [-0.3, -0.25) is 9.40 Å². The number of hydrogen-bond acceptors (Lipinski definition) is 10. The molecule has 3 N–H and O–H groups in total. The summed E-state index contributed by atoms with van der Waals surface area (Å²) in [5, 5.41) is 16.6. The van der Waals surface area contributed by atoms with Gasteiger partial charge in [-0.1, -0.05) is 12.1 Å². The van der Waals surface area contributed by atoms with E-state index in [1.54, 1.807) is 50.4 Å². The van der Waals surface area contributed by atoms with Crippen LogP contribution >= 0.6 is 0 Å². The summed E-state index contributed by atoms with van der Waals surface area (Å²) in [5.41, 5.74) is 1.42. The number of aryl methyl sites for hydroxylation is 1. The molecule has 2 aromatic carbocycles. The molecule has 0 bridgehead atoms. The van der Waals surface area contributed by atoms with E-state index in [1.165, 1.54) is 31.2 Å². The second kappa shape index (κ2) is 10.9. The first kappa shape index (κ1) is 26.0. The first-order chi connectivity index (χ1) is 17.7. The Balaban J connectivity index is 1.80. The maximum atomic E-state index is 13.1. The third-order valence-corrected chi connectivity index (χ3v) is 6.52. The molecule has 0 aliphatic heterocycles. The van der Waals surface area contributed by atoms with Crippen molar-refractivity contribution in [1.29, 1.82) is 0 Å². The molecule has 12 nitrogen and oxygen atoms in total. The number of aromatic nitrogens is 4. The normalized spacial score (nSPS) is 12.2. The van der Waals surface area contributed by atoms with Crippen molar-refractivity contribution in [2.75, 3.05) is 30.9 Å². The van der Waals surface area contributed by atoms with E-state index >= 15 is 0 Å². The first-order valence-corrected chi connectivity index (χ1v) is 12.8. The number of sulfonamides is 1. The van der Waals surface area contributed by atoms with Crippen LogP contribution < -0.4 is 24.2 Å². The molecule has 0 saturated heterocycles. The fraction of sp³-hybridized carbons (Fsp3) is 0.292. The van der Waals surface area contributed by atoms with Crippen LogP contribution in [0.1, 0.15) is 13.3 Å². The Labute approximate surface area is 214 Å². The van der Waals surface area contributed by atoms with E-state index in [1.807, 2.05) is 0 Å². The highest BCUT2D eigenvalue weighted by Crippen LogP contribution is 2.42. The SMILES string of the molecule is COc1cc(Nc2nc3ccccc3nc2NS(=O)(=O)c2ccn(C)n2)c(OCCC(C)O)c(OC)c1. The second-order valence-electron chi connectivity index (χ2n) is 8.16. The quantitative estimate of drug-likeness (QED) is 0.265. The molecule has 1 atom stereocenters. The lowest BCUT2D eigenvalue weighted by Gasteiger charge is -2.19. The zero-order chi connectivity index (χ0) is 26.6. The maximum Gasteiger partial charge on any atom is 0.282 e. The van der Waals surface area contributed by atoms with E-state index in [0.29, 0.717) is 40.4 Å². The largest absolute Gasteiger partial charge is 0.497 e. The number of hydrogen-bond donors (Lipinski definition) is 3. The van der Waals surface area contributed by atoms with Gasteiger partial charge in [0.05, 0.1) is 43.7 Å². The second-order valence-corrected chi connectivity index (χ2v) is 9.79. The van der Waals surface area contributed by atoms with Crippen molar-refractivity contribution in [3.63, 3.8) is 0 Å². The van der Waals surface area contributed by atoms with Crippen molar-refractivity contribution in [3.05, 3.63) is 48.7 Å². The van der Waals surface area contributed by atoms with Crippen LogP contribution in [0.25, 0.3) is 11.0 Å². The minimum absolute atomic E-state index is 0.0407. The van der Waals surface area contributed by atoms with E-state index < -0.39 is 16.1 Å². The lowest BCUT2D eigenvalue weighted by atomic mass is 10.2. The topological polar surface area (TPSA) is 150 Å². The number of benzene rings is 2. The van der Waals surface area contributed by atoms with Gasteiger partial charge in [-0.2, -0.15) is 13.5 Å². The molecule has 2 heterocycles. The van der Waals surface area contributed by atoms with Crippen LogP contribution in [-0.2, 0) is 17.1 Å². The summed E-state index contributed by atoms with van der Waals surface area (Å²) in [6, 6.07) is 11.8. The number of methoxy groups -OCH3 is 2. The lowest BCUT2D eigenvalue weighted by Crippen LogP contribution is -2.17. The highest BCUT2D eigenvalue weighted by atomic mass is 32.2. The van der Waals surface area contributed by atoms with Gasteiger partial charge in [0.1, 0.15) is 5.75 Å². The fourth-order valence-electron chi connectivity index (χ4n) is 3.42. The van der Waals surface area contributed by atoms with Gasteiger partial charge in [0.25, 0.3) is 10.0 Å². The van der Waals surface area contributed by atoms with Gasteiger partial charge in [-0.25, -0.2) is 9.97 Å². The zero-order valence-electron chi connectivity index (χ0n) is 20.8. The van der Waals surface area contributed by atoms with Crippen LogP contribution in [0.5, 0.6) is 17.2 Å². The number of aliphatic hydroxyl groups is 1. The van der Waals surface area contributed by atoms with Gasteiger partial charge >= 0.3 is 0 Å². The molecular formula is C24H28N6O6S. The predicted molar refractivity (Wildman–Crippen MR) is 138 cm³/mol. The Morgan fingerprint density at radius 3 is 2.35 bits per heavy atom. The average molecular weight is 529 g/mol. The van der Waals surface area contributed by atoms with Crippen molar-refractivity contribution in [2.45, 2.75) is 24.5 Å². The van der Waals surface area contributed by atoms with Gasteiger partial charge in [0, 0.05) is 31.8 Å². The number of anilines is 3. The first-order valence-electron chi connectivity index (χ1n) is 11.3. The third-order valence-electron chi connectivity index (χ3n) is 5.29. The van der Waals surface area contributed by atoms with Crippen molar-refractivity contribution in [3.8, 4) is 17.2 Å². The minimum atomic E-state index is -4.07. The monoisotopic (exact) mass is 528 g/mol. The van der Waals surface area contributed by atoms with E-state index in [9.17, 15) is 13.5 Å². The van der Waals surface area contributed by atoms with Crippen LogP contribution in [0.2, 0.25) is 0 Å². The molecule has 0 saturated carbocycles. The van der Waals surface area contributed by atoms with E-state index in [0.717, 1.165) is 0 Å². The standard InChI is InChI=1S/C24H28N6O6S/c1-15(31)10-12-36-22-19(13-16(34-3)14-20(22)35-4)27-23-24(26-18-8-6-5-7-17(18)25-23)29-37(32,33)21-9-11-30(2)28-21/h5-9,11,13-15,31H,10,12H2,1-4H3,(H,25,27)(H,26,29). The molecule has 0 amide bonds. The van der Waals surface area contributed by atoms with Crippen molar-refractivity contribution in [2.24, 2.45) is 7.05 Å². The highest BCUT2D eigenvalue weighted by Gasteiger charge is 2.23. The summed E-state index contributed by atoms with van der Waals surface area (Å²) < 4.78 is 46.8. The van der Waals surface area contributed by atoms with Crippen molar-refractivity contribution >= 4 is 38.4 Å². The van der Waals surface area contributed by atoms with E-state index in [-0.39, 0.29) is 23.3 Å². The van der Waals surface area contributed by atoms with Crippen LogP contribution in [0.3, 0.4) is 0 Å². The molecule has 0 spiro atoms. The Hall–Kier alpha value is -4.10. The predicted octanol–water partition coefficient (Wildman–Crippen LogP) is 3.07. The number of nitrogens with zero attached hydrogens (tertiary/aromatic N) is 4. The molecule has 4 aromatic rings. The number of para-hydroxylation sites is 2. The Morgan fingerprint density at radius 2 is 1.76 bits per heavy atom. The summed E-state index contributed by atoms with van der Waals surface area (Å²) in [5.74, 6) is 1.25. The number of rotatable bonds is 11. The fourth-order valence-corrected chi connectivity index (χ4v) is 4.40. The number of nitrogens with one attached hydrogen (secondary N) is 2. The minimum Gasteiger partial charge on any atom is -0.497 e. The zero-order valence-corrected chi connectivity index (χ0v) is 21.6. The molecule has 37 heavy (non-hydrogen) atoms. The summed E-state index contributed by atoms with van der Waals surface area (Å²) in [7, 11) is 0.551. The number of ether oxygens (including phenoxy) is 3. The van der Waals surface area contributed by atoms with E-state index in [4.69, 9.17) is 14.2 Å². The molecule has 0 radical (unpaired) electrons. The number of fused-ring (bicyclic) bond motifs is 1. The molecular weight excluding hydrogens is 500 g/mol. The Kier molecular flexibility index (Phi) is 7.64. The van der Waals surface area contributed by atoms with Crippen LogP contribution in [0, 0.1) is 0 Å². The van der Waals surface area contributed by atoms with Gasteiger partial charge in [-0.15, -0.1) is 0 Å². The van der Waals surface area contributed by atoms with Crippen molar-refractivity contribution < 1.29 is 27.7 Å². The Morgan fingerprint density at radius 1 is 1.05 bits per heavy atom. The molecule has 0 aliphatic rings. The summed E-state index contributed by atoms with van der Waals surface area (Å²) in [4.78, 5) is 9.11. The number of aliphatic hydroxyl groups excluding tert-OH is 1. The van der Waals surface area contributed by atoms with Crippen LogP contribution in [0.15, 0.2) is 53.7 Å². The maximum absolute atomic E-state index is 13.1. The molecule has 2 aromatic heterocycles. The Bertz CT molecular complexity index is 1510. The van der Waals surface area contributed by atoms with Crippen molar-refractivity contribution in [1.82, 2.24) is 19.7 Å². The smallest absolute Gasteiger partial charge is 0.282 e. The third kappa shape index (κ3) is 6.01. The molecule has 13 heteroatoms. The van der Waals surface area contributed by atoms with Gasteiger partial charge in [0.15, 0.2) is 28.2 Å². The van der Waals surface area contributed by atoms with Gasteiger partial charge in [-0.05, 0) is 25.1 Å². The van der Waals surface area contributed by atoms with Gasteiger partial charge in [0.2, 0.25) is 0 Å². The van der Waals surface area contributed by atoms with E-state index in [2.05, 4.69) is 25.1 Å². The summed E-state index contributed by atoms with van der Waals surface area (Å²) in [6.07, 6.45) is 1.36. The molecule has 4 rings (SSSR count). The summed E-state index contributed by atoms with van der Waals surface area (Å²) >= 11 is 0. The summed E-state index contributed by atoms with van der Waals surface area (Å²) in [6.45, 7) is 1.87. The van der Waals surface area contributed by atoms with Crippen LogP contribution in [0.4, 0.5) is 17.3 Å².